The molecule has 274 valence electrons. The van der Waals surface area contributed by atoms with E-state index >= 15 is 0 Å². The summed E-state index contributed by atoms with van der Waals surface area (Å²) in [7, 11) is 0. The van der Waals surface area contributed by atoms with Crippen LogP contribution in [0.1, 0.15) is 72.1 Å². The van der Waals surface area contributed by atoms with Crippen molar-refractivity contribution in [2.75, 3.05) is 6.61 Å². The minimum absolute atomic E-state index is 0. The molecule has 3 N–H and O–H groups in total. The van der Waals surface area contributed by atoms with E-state index in [9.17, 15) is 35.4 Å². The van der Waals surface area contributed by atoms with Crippen LogP contribution in [0, 0.1) is 40.4 Å². The molecule has 4 aliphatic carbocycles. The Labute approximate surface area is 385 Å². The number of hydrogen-bond acceptors (Lipinski definition) is 17. The predicted molar refractivity (Wildman–Crippen MR) is 159 cm³/mol. The van der Waals surface area contributed by atoms with Crippen LogP contribution >= 0.6 is 24.6 Å². The molecule has 5 rings (SSSR count). The minimum atomic E-state index is -1.41. The van der Waals surface area contributed by atoms with E-state index in [1.54, 1.807) is 0 Å². The molecule has 1 aliphatic heterocycles. The van der Waals surface area contributed by atoms with Crippen LogP contribution in [-0.2, 0) is 50.9 Å². The van der Waals surface area contributed by atoms with Gasteiger partial charge in [-0.05, 0) is 79.6 Å². The topological polar surface area (TPSA) is 224 Å². The first kappa shape index (κ1) is 46.6. The second kappa shape index (κ2) is 20.6. The quantitative estimate of drug-likeness (QED) is 0.0208. The zero-order valence-electron chi connectivity index (χ0n) is 29.0. The van der Waals surface area contributed by atoms with E-state index in [0.717, 1.165) is 31.3 Å². The van der Waals surface area contributed by atoms with E-state index in [1.807, 2.05) is 13.8 Å². The Kier molecular flexibility index (Phi) is 19.1. The summed E-state index contributed by atoms with van der Waals surface area (Å²) >= 11 is 0.195. The summed E-state index contributed by atoms with van der Waals surface area (Å²) in [6.07, 6.45) is -3.64. The number of carboxylic acid groups (broad SMARTS) is 1. The summed E-state index contributed by atoms with van der Waals surface area (Å²) in [6.45, 7) is 9.27. The number of ether oxygens (including phenoxy) is 3. The minimum Gasteiger partial charge on any atom is -0.691 e. The van der Waals surface area contributed by atoms with Gasteiger partial charge in [0.25, 0.3) is 0 Å². The number of carbonyl (C=O) groups is 2. The Morgan fingerprint density at radius 3 is 2.30 bits per heavy atom. The van der Waals surface area contributed by atoms with Crippen molar-refractivity contribution in [3.8, 4) is 0 Å². The first-order valence-electron chi connectivity index (χ1n) is 16.2. The summed E-state index contributed by atoms with van der Waals surface area (Å²) < 4.78 is 38.0. The molecule has 0 radical (unpaired) electrons. The van der Waals surface area contributed by atoms with Crippen molar-refractivity contribution in [3.63, 3.8) is 0 Å². The average molecular weight is 803 g/mol. The standard InChI is InChI=1S/C30H46O16S2.2K/c1-14(2)9-22(32)40-25-24(42-48-46-44-37)23(41-47-45-43-36)20(13-31)39-28(25)38-17-10-18(27(34)35)19-7-8-30-11-16(15(3)26(30)33)5-6-21(30)29(19,4)12-17;;/h14,16-21,23-26,28,31,33,36-37H,3,5-13H2,1-2,4H3,(H,34,35);;/q;2*+1/p-2/t16-,17-,18+,19?,20?,21-,23?,24?,25?,26-,28?,29+,30+;;/m0../s1. The van der Waals surface area contributed by atoms with Crippen molar-refractivity contribution in [1.29, 1.82) is 0 Å². The van der Waals surface area contributed by atoms with Crippen molar-refractivity contribution in [2.24, 2.45) is 40.4 Å². The fraction of sp³-hybridized carbons (Fsp3) is 0.867. The van der Waals surface area contributed by atoms with Gasteiger partial charge in [0.2, 0.25) is 0 Å². The summed E-state index contributed by atoms with van der Waals surface area (Å²) in [5, 5.41) is 59.9. The molecule has 6 unspecified atom stereocenters. The summed E-state index contributed by atoms with van der Waals surface area (Å²) in [5.41, 5.74) is -0.0441. The maximum atomic E-state index is 13.0. The predicted octanol–water partition coefficient (Wildman–Crippen LogP) is -4.36. The van der Waals surface area contributed by atoms with Crippen molar-refractivity contribution in [1.82, 2.24) is 0 Å². The summed E-state index contributed by atoms with van der Waals surface area (Å²) in [6, 6.07) is 0. The number of fused-ring (bicyclic) bond motifs is 3. The van der Waals surface area contributed by atoms with Gasteiger partial charge in [0, 0.05) is 11.8 Å². The molecular weight excluding hydrogens is 759 g/mol. The van der Waals surface area contributed by atoms with Crippen molar-refractivity contribution < 1.29 is 180 Å². The third-order valence-corrected chi connectivity index (χ3v) is 12.3. The van der Waals surface area contributed by atoms with Crippen LogP contribution in [-0.4, -0.2) is 76.8 Å². The Morgan fingerprint density at radius 1 is 1.04 bits per heavy atom. The molecule has 16 nitrogen and oxygen atoms in total. The number of hydrogen-bond donors (Lipinski definition) is 3. The van der Waals surface area contributed by atoms with Gasteiger partial charge in [-0.2, -0.15) is 0 Å². The molecule has 5 aliphatic rings. The molecule has 1 saturated heterocycles. The van der Waals surface area contributed by atoms with Gasteiger partial charge in [-0.25, -0.2) is 0 Å². The smallest absolute Gasteiger partial charge is 0.691 e. The van der Waals surface area contributed by atoms with Crippen LogP contribution in [0.5, 0.6) is 0 Å². The SMILES string of the molecule is C=C1[C@H]2CC[C@@H]3[C@@](CCC4[C@H](C(=O)O)C[C@H](OC5OC(CO)C(OSOO[O-])C(OSOO[O-])C5OC(=O)CC(C)C)C[C@]43C)(C2)[C@H]1O.[K+].[K+]. The van der Waals surface area contributed by atoms with Crippen LogP contribution in [0.2, 0.25) is 0 Å². The monoisotopic (exact) mass is 802 g/mol. The van der Waals surface area contributed by atoms with Crippen molar-refractivity contribution in [3.05, 3.63) is 12.2 Å². The molecule has 0 aromatic heterocycles. The molecule has 1 spiro atoms. The van der Waals surface area contributed by atoms with Gasteiger partial charge in [0.15, 0.2) is 37.0 Å². The molecule has 13 atom stereocenters. The first-order valence-corrected chi connectivity index (χ1v) is 17.5. The van der Waals surface area contributed by atoms with Gasteiger partial charge >= 0.3 is 115 Å². The van der Waals surface area contributed by atoms with Crippen LogP contribution in [0.4, 0.5) is 0 Å². The molecular formula is C30H44K2O16S2. The van der Waals surface area contributed by atoms with Crippen LogP contribution in [0.25, 0.3) is 0 Å². The van der Waals surface area contributed by atoms with E-state index < -0.39 is 72.8 Å². The number of aliphatic carboxylic acids is 1. The number of carbonyl (C=O) groups excluding carboxylic acids is 1. The van der Waals surface area contributed by atoms with Crippen LogP contribution in [0.3, 0.4) is 0 Å². The molecule has 1 heterocycles. The second-order valence-electron chi connectivity index (χ2n) is 14.3. The maximum absolute atomic E-state index is 13.0. The zero-order chi connectivity index (χ0) is 34.8. The van der Waals surface area contributed by atoms with Crippen molar-refractivity contribution in [2.45, 2.75) is 115 Å². The Bertz CT molecular complexity index is 1160. The molecule has 5 fully saturated rings. The zero-order valence-corrected chi connectivity index (χ0v) is 36.8. The van der Waals surface area contributed by atoms with Gasteiger partial charge in [-0.15, -0.1) is 8.67 Å². The maximum Gasteiger partial charge on any atom is 1.00 e. The molecule has 50 heavy (non-hydrogen) atoms. The number of rotatable bonds is 15. The molecule has 0 aromatic carbocycles. The van der Waals surface area contributed by atoms with E-state index in [4.69, 9.17) is 22.6 Å². The van der Waals surface area contributed by atoms with Gasteiger partial charge in [0.05, 0.1) is 24.7 Å². The Balaban J connectivity index is 0.00000338. The molecule has 0 aromatic rings. The number of carboxylic acids is 1. The normalized spacial score (nSPS) is 40.6. The van der Waals surface area contributed by atoms with E-state index in [1.165, 1.54) is 0 Å². The molecule has 4 saturated carbocycles. The van der Waals surface area contributed by atoms with Gasteiger partial charge in [-0.3, -0.25) is 28.0 Å². The summed E-state index contributed by atoms with van der Waals surface area (Å²) in [5.74, 6) is -2.34. The largest absolute Gasteiger partial charge is 1.00 e. The molecule has 20 heteroatoms. The average Bonchev–Trinajstić information content (AvgIpc) is 3.21. The van der Waals surface area contributed by atoms with E-state index in [2.05, 4.69) is 32.2 Å². The Morgan fingerprint density at radius 2 is 1.70 bits per heavy atom. The molecule has 2 bridgehead atoms. The fourth-order valence-electron chi connectivity index (χ4n) is 9.69. The Hall–Kier alpha value is 2.17. The second-order valence-corrected chi connectivity index (χ2v) is 15.3. The van der Waals surface area contributed by atoms with Gasteiger partial charge < -0.3 is 40.0 Å². The third kappa shape index (κ3) is 9.82. The molecule has 0 amide bonds. The number of esters is 1. The first-order chi connectivity index (χ1) is 22.9. The van der Waals surface area contributed by atoms with Gasteiger partial charge in [-0.1, -0.05) is 27.4 Å². The number of aliphatic hydroxyl groups excluding tert-OH is 2. The van der Waals surface area contributed by atoms with Crippen LogP contribution < -0.4 is 113 Å². The van der Waals surface area contributed by atoms with E-state index in [0.29, 0.717) is 12.8 Å². The number of aliphatic hydroxyl groups is 2. The van der Waals surface area contributed by atoms with Crippen LogP contribution in [0.15, 0.2) is 12.2 Å². The third-order valence-electron chi connectivity index (χ3n) is 11.4. The van der Waals surface area contributed by atoms with Crippen molar-refractivity contribution >= 4 is 36.6 Å². The summed E-state index contributed by atoms with van der Waals surface area (Å²) in [4.78, 5) is 25.8. The van der Waals surface area contributed by atoms with E-state index in [-0.39, 0.29) is 169 Å². The van der Waals surface area contributed by atoms with Gasteiger partial charge in [0.1, 0.15) is 18.3 Å². The fourth-order valence-corrected chi connectivity index (χ4v) is 10.4.